The van der Waals surface area contributed by atoms with Crippen LogP contribution >= 0.6 is 0 Å². The van der Waals surface area contributed by atoms with Crippen molar-refractivity contribution in [3.8, 4) is 22.6 Å². The molecule has 3 heterocycles. The maximum absolute atomic E-state index is 11.7. The van der Waals surface area contributed by atoms with E-state index in [2.05, 4.69) is 38.6 Å². The number of carbonyl (C=O) groups is 1. The predicted molar refractivity (Wildman–Crippen MR) is 133 cm³/mol. The second-order valence-electron chi connectivity index (χ2n) is 8.11. The summed E-state index contributed by atoms with van der Waals surface area (Å²) >= 11 is 0. The fraction of sp³-hybridized carbons (Fsp3) is 0.154. The third-order valence-electron chi connectivity index (χ3n) is 5.73. The number of fused-ring (bicyclic) bond motifs is 1. The highest BCUT2D eigenvalue weighted by molar-refractivity contribution is 5.93. The molecule has 0 aliphatic carbocycles. The average molecular weight is 466 g/mol. The summed E-state index contributed by atoms with van der Waals surface area (Å²) in [6, 6.07) is 21.2. The van der Waals surface area contributed by atoms with Crippen LogP contribution in [0.5, 0.6) is 0 Å². The van der Waals surface area contributed by atoms with E-state index in [9.17, 15) is 9.90 Å². The second kappa shape index (κ2) is 9.68. The summed E-state index contributed by atoms with van der Waals surface area (Å²) in [7, 11) is 0. The number of aromatic amines is 1. The van der Waals surface area contributed by atoms with Crippen LogP contribution in [0.4, 0.5) is 5.82 Å². The summed E-state index contributed by atoms with van der Waals surface area (Å²) in [6.07, 6.45) is 2.50. The number of hydrogen-bond acceptors (Lipinski definition) is 7. The topological polar surface area (TPSA) is 121 Å². The Morgan fingerprint density at radius 2 is 1.89 bits per heavy atom. The van der Waals surface area contributed by atoms with Gasteiger partial charge in [0.2, 0.25) is 5.82 Å². The molecule has 0 unspecified atom stereocenters. The first kappa shape index (κ1) is 22.1. The summed E-state index contributed by atoms with van der Waals surface area (Å²) in [6.45, 7) is 3.30. The van der Waals surface area contributed by atoms with Gasteiger partial charge < -0.3 is 10.0 Å². The molecule has 3 aromatic heterocycles. The standard InChI is InChI=1S/C26H23N7O2/c1-2-14-33(25-21(26(34)35)8-5-13-27-25)16-17-9-11-22-18(15-17)10-12-23(28-22)19-6-3-4-7-20(19)24-29-31-32-30-24/h3-13,15H,2,14,16H2,1H3,(H,34,35)(H,29,30,31,32). The number of tetrazole rings is 1. The SMILES string of the molecule is CCCN(Cc1ccc2nc(-c3ccccc3-c3nn[nH]n3)ccc2c1)c1ncccc1C(=O)O. The Bertz CT molecular complexity index is 1480. The number of H-pyrrole nitrogens is 1. The maximum atomic E-state index is 11.7. The fourth-order valence-electron chi connectivity index (χ4n) is 4.17. The number of aromatic nitrogens is 6. The molecule has 5 aromatic rings. The van der Waals surface area contributed by atoms with E-state index in [-0.39, 0.29) is 5.56 Å². The monoisotopic (exact) mass is 465 g/mol. The summed E-state index contributed by atoms with van der Waals surface area (Å²) in [5.74, 6) is 0.0168. The highest BCUT2D eigenvalue weighted by Gasteiger charge is 2.17. The Balaban J connectivity index is 1.47. The molecule has 0 aliphatic heterocycles. The third-order valence-corrected chi connectivity index (χ3v) is 5.73. The van der Waals surface area contributed by atoms with Gasteiger partial charge in [0.05, 0.1) is 11.2 Å². The van der Waals surface area contributed by atoms with E-state index in [0.717, 1.165) is 39.7 Å². The van der Waals surface area contributed by atoms with Crippen molar-refractivity contribution in [2.75, 3.05) is 11.4 Å². The zero-order valence-electron chi connectivity index (χ0n) is 19.1. The molecule has 0 fully saturated rings. The quantitative estimate of drug-likeness (QED) is 0.341. The number of nitrogens with one attached hydrogen (secondary N) is 1. The molecular formula is C26H23N7O2. The lowest BCUT2D eigenvalue weighted by Crippen LogP contribution is -2.26. The van der Waals surface area contributed by atoms with E-state index in [1.54, 1.807) is 18.3 Å². The Morgan fingerprint density at radius 3 is 2.66 bits per heavy atom. The number of nitrogens with zero attached hydrogens (tertiary/aromatic N) is 6. The van der Waals surface area contributed by atoms with Crippen molar-refractivity contribution < 1.29 is 9.90 Å². The smallest absolute Gasteiger partial charge is 0.339 e. The lowest BCUT2D eigenvalue weighted by molar-refractivity contribution is 0.0697. The van der Waals surface area contributed by atoms with Gasteiger partial charge in [0, 0.05) is 35.8 Å². The van der Waals surface area contributed by atoms with E-state index in [4.69, 9.17) is 4.98 Å². The zero-order valence-corrected chi connectivity index (χ0v) is 19.1. The number of pyridine rings is 2. The minimum atomic E-state index is -0.981. The van der Waals surface area contributed by atoms with Crippen LogP contribution in [-0.4, -0.2) is 48.2 Å². The van der Waals surface area contributed by atoms with Gasteiger partial charge in [-0.3, -0.25) is 0 Å². The number of carboxylic acids is 1. The molecule has 35 heavy (non-hydrogen) atoms. The molecule has 0 saturated heterocycles. The average Bonchev–Trinajstić information content (AvgIpc) is 3.43. The van der Waals surface area contributed by atoms with Crippen LogP contribution in [0.2, 0.25) is 0 Å². The largest absolute Gasteiger partial charge is 0.478 e. The minimum absolute atomic E-state index is 0.202. The molecular weight excluding hydrogens is 442 g/mol. The van der Waals surface area contributed by atoms with Crippen molar-refractivity contribution in [3.05, 3.63) is 84.1 Å². The normalized spacial score (nSPS) is 11.0. The van der Waals surface area contributed by atoms with Crippen LogP contribution < -0.4 is 4.90 Å². The fourth-order valence-corrected chi connectivity index (χ4v) is 4.17. The predicted octanol–water partition coefficient (Wildman–Crippen LogP) is 4.59. The van der Waals surface area contributed by atoms with E-state index in [0.29, 0.717) is 24.7 Å². The minimum Gasteiger partial charge on any atom is -0.478 e. The summed E-state index contributed by atoms with van der Waals surface area (Å²) in [5.41, 5.74) is 4.70. The lowest BCUT2D eigenvalue weighted by Gasteiger charge is -2.24. The van der Waals surface area contributed by atoms with Crippen LogP contribution in [0.25, 0.3) is 33.5 Å². The van der Waals surface area contributed by atoms with Gasteiger partial charge in [0.15, 0.2) is 0 Å². The number of aromatic carboxylic acids is 1. The first-order valence-corrected chi connectivity index (χ1v) is 11.3. The van der Waals surface area contributed by atoms with Crippen molar-refractivity contribution in [3.63, 3.8) is 0 Å². The number of anilines is 1. The lowest BCUT2D eigenvalue weighted by atomic mass is 10.0. The summed E-state index contributed by atoms with van der Waals surface area (Å²) < 4.78 is 0. The van der Waals surface area contributed by atoms with Crippen molar-refractivity contribution in [2.45, 2.75) is 19.9 Å². The number of hydrogen-bond donors (Lipinski definition) is 2. The summed E-state index contributed by atoms with van der Waals surface area (Å²) in [5, 5.41) is 25.0. The first-order chi connectivity index (χ1) is 17.1. The molecule has 0 amide bonds. The molecule has 174 valence electrons. The van der Waals surface area contributed by atoms with E-state index in [1.807, 2.05) is 53.4 Å². The molecule has 0 saturated carbocycles. The van der Waals surface area contributed by atoms with Gasteiger partial charge in [0.25, 0.3) is 0 Å². The van der Waals surface area contributed by atoms with Crippen LogP contribution in [-0.2, 0) is 6.54 Å². The Morgan fingerprint density at radius 1 is 1.03 bits per heavy atom. The third kappa shape index (κ3) is 4.56. The Kier molecular flexibility index (Phi) is 6.13. The maximum Gasteiger partial charge on any atom is 0.339 e. The summed E-state index contributed by atoms with van der Waals surface area (Å²) in [4.78, 5) is 23.0. The number of carboxylic acid groups (broad SMARTS) is 1. The van der Waals surface area contributed by atoms with Crippen molar-refractivity contribution in [2.24, 2.45) is 0 Å². The highest BCUT2D eigenvalue weighted by Crippen LogP contribution is 2.30. The van der Waals surface area contributed by atoms with E-state index in [1.165, 1.54) is 0 Å². The van der Waals surface area contributed by atoms with Gasteiger partial charge in [0.1, 0.15) is 11.4 Å². The highest BCUT2D eigenvalue weighted by atomic mass is 16.4. The first-order valence-electron chi connectivity index (χ1n) is 11.3. The molecule has 9 heteroatoms. The van der Waals surface area contributed by atoms with E-state index >= 15 is 0 Å². The number of benzene rings is 2. The van der Waals surface area contributed by atoms with Crippen molar-refractivity contribution in [1.82, 2.24) is 30.6 Å². The molecule has 2 aromatic carbocycles. The van der Waals surface area contributed by atoms with Gasteiger partial charge >= 0.3 is 5.97 Å². The van der Waals surface area contributed by atoms with Crippen LogP contribution in [0.3, 0.4) is 0 Å². The second-order valence-corrected chi connectivity index (χ2v) is 8.11. The molecule has 0 bridgehead atoms. The van der Waals surface area contributed by atoms with Gasteiger partial charge in [-0.1, -0.05) is 43.3 Å². The molecule has 0 aliphatic rings. The molecule has 2 N–H and O–H groups in total. The van der Waals surface area contributed by atoms with Gasteiger partial charge in [-0.15, -0.1) is 10.2 Å². The van der Waals surface area contributed by atoms with Crippen molar-refractivity contribution in [1.29, 1.82) is 0 Å². The van der Waals surface area contributed by atoms with E-state index < -0.39 is 5.97 Å². The molecule has 5 rings (SSSR count). The Hall–Kier alpha value is -4.66. The van der Waals surface area contributed by atoms with Crippen LogP contribution in [0, 0.1) is 0 Å². The van der Waals surface area contributed by atoms with Crippen molar-refractivity contribution >= 4 is 22.7 Å². The zero-order chi connectivity index (χ0) is 24.2. The molecule has 9 nitrogen and oxygen atoms in total. The molecule has 0 atom stereocenters. The molecule has 0 radical (unpaired) electrons. The van der Waals surface area contributed by atoms with Crippen LogP contribution in [0.1, 0.15) is 29.3 Å². The van der Waals surface area contributed by atoms with Gasteiger partial charge in [-0.25, -0.2) is 14.8 Å². The van der Waals surface area contributed by atoms with Gasteiger partial charge in [-0.05, 0) is 47.5 Å². The molecule has 0 spiro atoms. The number of rotatable bonds is 8. The van der Waals surface area contributed by atoms with Gasteiger partial charge in [-0.2, -0.15) is 5.21 Å². The van der Waals surface area contributed by atoms with Crippen LogP contribution in [0.15, 0.2) is 72.9 Å². The Labute approximate surface area is 201 Å².